The Morgan fingerprint density at radius 2 is 1.88 bits per heavy atom. The van der Waals surface area contributed by atoms with Gasteiger partial charge in [0.2, 0.25) is 16.9 Å². The normalized spacial score (nSPS) is 12.2. The van der Waals surface area contributed by atoms with E-state index in [0.29, 0.717) is 22.6 Å². The van der Waals surface area contributed by atoms with E-state index in [9.17, 15) is 4.39 Å². The van der Waals surface area contributed by atoms with Crippen molar-refractivity contribution in [2.24, 2.45) is 0 Å². The van der Waals surface area contributed by atoms with Crippen LogP contribution in [0.2, 0.25) is 0 Å². The van der Waals surface area contributed by atoms with Gasteiger partial charge in [-0.3, -0.25) is 0 Å². The third-order valence-electron chi connectivity index (χ3n) is 3.58. The number of nitrogens with zero attached hydrogens (tertiary/aromatic N) is 6. The minimum absolute atomic E-state index is 0.182. The van der Waals surface area contributed by atoms with Crippen molar-refractivity contribution in [3.05, 3.63) is 66.3 Å². The Morgan fingerprint density at radius 3 is 2.69 bits per heavy atom. The zero-order valence-electron chi connectivity index (χ0n) is 13.7. The SMILES string of the molecule is C[C@@H](Sc1nnnn1-c1cccc(F)c1)c1nnc(-c2ccccc2)o1. The fourth-order valence-corrected chi connectivity index (χ4v) is 3.16. The van der Waals surface area contributed by atoms with Gasteiger partial charge in [0, 0.05) is 5.56 Å². The minimum atomic E-state index is -0.355. The lowest BCUT2D eigenvalue weighted by atomic mass is 10.2. The van der Waals surface area contributed by atoms with E-state index in [1.54, 1.807) is 12.1 Å². The summed E-state index contributed by atoms with van der Waals surface area (Å²) in [5.74, 6) is 0.562. The van der Waals surface area contributed by atoms with Crippen LogP contribution in [-0.2, 0) is 0 Å². The van der Waals surface area contributed by atoms with Gasteiger partial charge in [-0.25, -0.2) is 4.39 Å². The van der Waals surface area contributed by atoms with Crippen LogP contribution in [0.25, 0.3) is 17.1 Å². The predicted molar refractivity (Wildman–Crippen MR) is 93.1 cm³/mol. The van der Waals surface area contributed by atoms with Crippen molar-refractivity contribution in [1.29, 1.82) is 0 Å². The van der Waals surface area contributed by atoms with Crippen molar-refractivity contribution < 1.29 is 8.81 Å². The third kappa shape index (κ3) is 3.33. The van der Waals surface area contributed by atoms with Crippen LogP contribution in [0.4, 0.5) is 4.39 Å². The molecule has 2 aromatic heterocycles. The van der Waals surface area contributed by atoms with E-state index >= 15 is 0 Å². The highest BCUT2D eigenvalue weighted by Gasteiger charge is 2.20. The molecule has 2 heterocycles. The summed E-state index contributed by atoms with van der Waals surface area (Å²) in [7, 11) is 0. The number of rotatable bonds is 5. The Morgan fingerprint density at radius 1 is 1.04 bits per heavy atom. The topological polar surface area (TPSA) is 82.5 Å². The van der Waals surface area contributed by atoms with Crippen LogP contribution in [-0.4, -0.2) is 30.4 Å². The average molecular weight is 368 g/mol. The van der Waals surface area contributed by atoms with Crippen LogP contribution in [0.3, 0.4) is 0 Å². The average Bonchev–Trinajstić information content (AvgIpc) is 3.32. The van der Waals surface area contributed by atoms with Crippen LogP contribution in [0.5, 0.6) is 0 Å². The standard InChI is InChI=1S/C17H13FN6OS/c1-11(15-19-20-16(25-15)12-6-3-2-4-7-12)26-17-21-22-23-24(17)14-9-5-8-13(18)10-14/h2-11H,1H3/t11-/m1/s1. The summed E-state index contributed by atoms with van der Waals surface area (Å²) in [6, 6.07) is 15.6. The fourth-order valence-electron chi connectivity index (χ4n) is 2.33. The lowest BCUT2D eigenvalue weighted by molar-refractivity contribution is 0.508. The van der Waals surface area contributed by atoms with Gasteiger partial charge in [0.25, 0.3) is 0 Å². The van der Waals surface area contributed by atoms with Crippen molar-refractivity contribution in [3.8, 4) is 17.1 Å². The van der Waals surface area contributed by atoms with E-state index in [-0.39, 0.29) is 11.1 Å². The zero-order valence-corrected chi connectivity index (χ0v) is 14.5. The molecule has 0 N–H and O–H groups in total. The summed E-state index contributed by atoms with van der Waals surface area (Å²) < 4.78 is 20.7. The van der Waals surface area contributed by atoms with Crippen LogP contribution in [0.15, 0.2) is 64.2 Å². The van der Waals surface area contributed by atoms with E-state index in [1.807, 2.05) is 37.3 Å². The highest BCUT2D eigenvalue weighted by Crippen LogP contribution is 2.34. The van der Waals surface area contributed by atoms with Gasteiger partial charge in [0.15, 0.2) is 0 Å². The van der Waals surface area contributed by atoms with Gasteiger partial charge in [-0.15, -0.1) is 15.3 Å². The third-order valence-corrected chi connectivity index (χ3v) is 4.61. The number of aromatic nitrogens is 6. The lowest BCUT2D eigenvalue weighted by Crippen LogP contribution is -2.00. The minimum Gasteiger partial charge on any atom is -0.419 e. The van der Waals surface area contributed by atoms with E-state index in [1.165, 1.54) is 28.6 Å². The second kappa shape index (κ2) is 7.04. The van der Waals surface area contributed by atoms with Crippen molar-refractivity contribution in [2.45, 2.75) is 17.3 Å². The highest BCUT2D eigenvalue weighted by atomic mass is 32.2. The fraction of sp³-hybridized carbons (Fsp3) is 0.118. The molecule has 0 saturated carbocycles. The van der Waals surface area contributed by atoms with E-state index in [4.69, 9.17) is 4.42 Å². The molecule has 7 nitrogen and oxygen atoms in total. The maximum Gasteiger partial charge on any atom is 0.247 e. The summed E-state index contributed by atoms with van der Waals surface area (Å²) in [5.41, 5.74) is 1.40. The molecule has 0 amide bonds. The molecule has 0 unspecified atom stereocenters. The molecule has 0 saturated heterocycles. The van der Waals surface area contributed by atoms with Gasteiger partial charge >= 0.3 is 0 Å². The van der Waals surface area contributed by atoms with Gasteiger partial charge in [-0.1, -0.05) is 36.0 Å². The summed E-state index contributed by atoms with van der Waals surface area (Å²) in [4.78, 5) is 0. The first-order chi connectivity index (χ1) is 12.7. The monoisotopic (exact) mass is 368 g/mol. The summed E-state index contributed by atoms with van der Waals surface area (Å²) in [6.45, 7) is 1.91. The van der Waals surface area contributed by atoms with Crippen molar-refractivity contribution in [3.63, 3.8) is 0 Å². The summed E-state index contributed by atoms with van der Waals surface area (Å²) in [6.07, 6.45) is 0. The van der Waals surface area contributed by atoms with Gasteiger partial charge < -0.3 is 4.42 Å². The van der Waals surface area contributed by atoms with E-state index < -0.39 is 0 Å². The molecule has 26 heavy (non-hydrogen) atoms. The largest absolute Gasteiger partial charge is 0.419 e. The Bertz CT molecular complexity index is 1020. The molecule has 0 spiro atoms. The molecule has 4 rings (SSSR count). The molecular weight excluding hydrogens is 355 g/mol. The highest BCUT2D eigenvalue weighted by molar-refractivity contribution is 7.99. The molecular formula is C17H13FN6OS. The van der Waals surface area contributed by atoms with Crippen molar-refractivity contribution in [2.75, 3.05) is 0 Å². The maximum atomic E-state index is 13.5. The number of thioether (sulfide) groups is 1. The van der Waals surface area contributed by atoms with Crippen molar-refractivity contribution in [1.82, 2.24) is 30.4 Å². The summed E-state index contributed by atoms with van der Waals surface area (Å²) >= 11 is 1.35. The second-order valence-electron chi connectivity index (χ2n) is 5.42. The molecule has 0 fully saturated rings. The van der Waals surface area contributed by atoms with Gasteiger partial charge in [0.1, 0.15) is 5.82 Å². The Kier molecular flexibility index (Phi) is 4.44. The quantitative estimate of drug-likeness (QED) is 0.497. The Balaban J connectivity index is 1.56. The predicted octanol–water partition coefficient (Wildman–Crippen LogP) is 3.70. The van der Waals surface area contributed by atoms with E-state index in [0.717, 1.165) is 5.56 Å². The van der Waals surface area contributed by atoms with Gasteiger partial charge in [-0.05, 0) is 47.7 Å². The van der Waals surface area contributed by atoms with Gasteiger partial charge in [0.05, 0.1) is 10.9 Å². The molecule has 0 bridgehead atoms. The Labute approximate surface area is 152 Å². The number of benzene rings is 2. The molecule has 0 radical (unpaired) electrons. The number of hydrogen-bond acceptors (Lipinski definition) is 7. The second-order valence-corrected chi connectivity index (χ2v) is 6.73. The molecule has 0 aliphatic carbocycles. The lowest BCUT2D eigenvalue weighted by Gasteiger charge is -2.07. The molecule has 2 aromatic carbocycles. The van der Waals surface area contributed by atoms with Crippen molar-refractivity contribution >= 4 is 11.8 Å². The van der Waals surface area contributed by atoms with Crippen LogP contribution in [0, 0.1) is 5.82 Å². The zero-order chi connectivity index (χ0) is 17.9. The van der Waals surface area contributed by atoms with Crippen LogP contribution >= 0.6 is 11.8 Å². The summed E-state index contributed by atoms with van der Waals surface area (Å²) in [5, 5.41) is 20.1. The Hall–Kier alpha value is -3.07. The molecule has 0 aliphatic heterocycles. The molecule has 130 valence electrons. The van der Waals surface area contributed by atoms with Crippen LogP contribution < -0.4 is 0 Å². The number of tetrazole rings is 1. The van der Waals surface area contributed by atoms with Crippen LogP contribution in [0.1, 0.15) is 18.1 Å². The number of hydrogen-bond donors (Lipinski definition) is 0. The molecule has 9 heteroatoms. The molecule has 4 aromatic rings. The van der Waals surface area contributed by atoms with E-state index in [2.05, 4.69) is 25.7 Å². The first-order valence-electron chi connectivity index (χ1n) is 7.80. The number of halogens is 1. The first-order valence-corrected chi connectivity index (χ1v) is 8.68. The van der Waals surface area contributed by atoms with Gasteiger partial charge in [-0.2, -0.15) is 4.68 Å². The first kappa shape index (κ1) is 16.4. The molecule has 1 atom stereocenters. The maximum absolute atomic E-state index is 13.5. The smallest absolute Gasteiger partial charge is 0.247 e. The molecule has 0 aliphatic rings.